The lowest BCUT2D eigenvalue weighted by molar-refractivity contribution is -0.129. The third-order valence-corrected chi connectivity index (χ3v) is 3.96. The van der Waals surface area contributed by atoms with Gasteiger partial charge in [-0.2, -0.15) is 0 Å². The van der Waals surface area contributed by atoms with E-state index in [4.69, 9.17) is 5.73 Å². The van der Waals surface area contributed by atoms with Crippen LogP contribution in [-0.2, 0) is 11.3 Å². The number of hydrogen-bond donors (Lipinski definition) is 1. The predicted octanol–water partition coefficient (Wildman–Crippen LogP) is 1.69. The highest BCUT2D eigenvalue weighted by Crippen LogP contribution is 2.18. The third kappa shape index (κ3) is 4.93. The minimum absolute atomic E-state index is 0.0574. The van der Waals surface area contributed by atoms with Crippen LogP contribution < -0.4 is 5.73 Å². The highest BCUT2D eigenvalue weighted by atomic mass is 79.9. The molecule has 1 aromatic rings. The molecule has 0 aliphatic heterocycles. The van der Waals surface area contributed by atoms with Crippen molar-refractivity contribution in [3.8, 4) is 0 Å². The van der Waals surface area contributed by atoms with E-state index < -0.39 is 0 Å². The minimum atomic E-state index is 0.0574. The lowest BCUT2D eigenvalue weighted by atomic mass is 10.1. The van der Waals surface area contributed by atoms with Crippen LogP contribution in [0.25, 0.3) is 0 Å². The van der Waals surface area contributed by atoms with Crippen molar-refractivity contribution in [2.24, 2.45) is 5.73 Å². The van der Waals surface area contributed by atoms with Gasteiger partial charge in [-0.1, -0.05) is 34.1 Å². The van der Waals surface area contributed by atoms with Crippen molar-refractivity contribution in [1.82, 2.24) is 9.80 Å². The fourth-order valence-electron chi connectivity index (χ4n) is 1.83. The van der Waals surface area contributed by atoms with Crippen LogP contribution in [0, 0.1) is 0 Å². The van der Waals surface area contributed by atoms with Gasteiger partial charge in [-0.15, -0.1) is 0 Å². The molecular formula is C14H22BrN3O. The number of likely N-dealkylation sites (N-methyl/N-ethyl adjacent to an activating group) is 1. The van der Waals surface area contributed by atoms with Crippen molar-refractivity contribution in [2.45, 2.75) is 19.0 Å². The number of carbonyl (C=O) groups excluding carboxylic acids is 1. The lowest BCUT2D eigenvalue weighted by Crippen LogP contribution is -2.41. The van der Waals surface area contributed by atoms with E-state index >= 15 is 0 Å². The van der Waals surface area contributed by atoms with Crippen molar-refractivity contribution in [3.63, 3.8) is 0 Å². The van der Waals surface area contributed by atoms with Gasteiger partial charge in [-0.05, 0) is 18.7 Å². The molecule has 0 aromatic heterocycles. The summed E-state index contributed by atoms with van der Waals surface area (Å²) in [4.78, 5) is 15.5. The van der Waals surface area contributed by atoms with Gasteiger partial charge in [-0.3, -0.25) is 9.69 Å². The molecule has 1 unspecified atom stereocenters. The van der Waals surface area contributed by atoms with Gasteiger partial charge in [0.15, 0.2) is 0 Å². The molecule has 1 amide bonds. The first-order chi connectivity index (χ1) is 8.95. The third-order valence-electron chi connectivity index (χ3n) is 3.18. The van der Waals surface area contributed by atoms with Crippen LogP contribution in [0.15, 0.2) is 28.7 Å². The summed E-state index contributed by atoms with van der Waals surface area (Å²) in [5.41, 5.74) is 6.98. The summed E-state index contributed by atoms with van der Waals surface area (Å²) in [6, 6.07) is 8.15. The fourth-order valence-corrected chi connectivity index (χ4v) is 2.24. The molecule has 106 valence electrons. The maximum Gasteiger partial charge on any atom is 0.223 e. The molecule has 1 rings (SSSR count). The average molecular weight is 328 g/mol. The van der Waals surface area contributed by atoms with Gasteiger partial charge < -0.3 is 10.6 Å². The Hall–Kier alpha value is -0.910. The highest BCUT2D eigenvalue weighted by Gasteiger charge is 2.18. The zero-order valence-corrected chi connectivity index (χ0v) is 13.4. The molecule has 0 fully saturated rings. The zero-order chi connectivity index (χ0) is 14.4. The van der Waals surface area contributed by atoms with Crippen molar-refractivity contribution < 1.29 is 4.79 Å². The van der Waals surface area contributed by atoms with Gasteiger partial charge in [0.25, 0.3) is 0 Å². The summed E-state index contributed by atoms with van der Waals surface area (Å²) < 4.78 is 1.08. The summed E-state index contributed by atoms with van der Waals surface area (Å²) in [7, 11) is 5.54. The Morgan fingerprint density at radius 3 is 2.47 bits per heavy atom. The maximum atomic E-state index is 11.8. The first-order valence-electron chi connectivity index (χ1n) is 6.29. The van der Waals surface area contributed by atoms with E-state index in [1.165, 1.54) is 5.56 Å². The van der Waals surface area contributed by atoms with Gasteiger partial charge in [-0.25, -0.2) is 0 Å². The standard InChI is InChI=1S/C14H22BrN3O/c1-17(2)14(19)8-12(9-16)18(3)10-11-6-4-5-7-13(11)15/h4-7,12H,8-10,16H2,1-3H3. The smallest absolute Gasteiger partial charge is 0.223 e. The molecule has 1 atom stereocenters. The van der Waals surface area contributed by atoms with Crippen molar-refractivity contribution >= 4 is 21.8 Å². The van der Waals surface area contributed by atoms with Crippen LogP contribution >= 0.6 is 15.9 Å². The molecule has 19 heavy (non-hydrogen) atoms. The first kappa shape index (κ1) is 16.1. The minimum Gasteiger partial charge on any atom is -0.349 e. The quantitative estimate of drug-likeness (QED) is 0.864. The second-order valence-electron chi connectivity index (χ2n) is 4.89. The number of nitrogens with two attached hydrogens (primary N) is 1. The summed E-state index contributed by atoms with van der Waals surface area (Å²) in [5.74, 6) is 0.106. The highest BCUT2D eigenvalue weighted by molar-refractivity contribution is 9.10. The topological polar surface area (TPSA) is 49.6 Å². The molecule has 0 bridgehead atoms. The summed E-state index contributed by atoms with van der Waals surface area (Å²) in [5, 5.41) is 0. The largest absolute Gasteiger partial charge is 0.349 e. The zero-order valence-electron chi connectivity index (χ0n) is 11.8. The molecule has 5 heteroatoms. The van der Waals surface area contributed by atoms with E-state index in [1.54, 1.807) is 19.0 Å². The monoisotopic (exact) mass is 327 g/mol. The van der Waals surface area contributed by atoms with Gasteiger partial charge >= 0.3 is 0 Å². The van der Waals surface area contributed by atoms with Gasteiger partial charge in [0.1, 0.15) is 0 Å². The van der Waals surface area contributed by atoms with Gasteiger partial charge in [0.2, 0.25) is 5.91 Å². The Morgan fingerprint density at radius 2 is 1.95 bits per heavy atom. The number of hydrogen-bond acceptors (Lipinski definition) is 3. The number of nitrogens with zero attached hydrogens (tertiary/aromatic N) is 2. The molecule has 1 aromatic carbocycles. The first-order valence-corrected chi connectivity index (χ1v) is 7.08. The van der Waals surface area contributed by atoms with Gasteiger partial charge in [0, 0.05) is 44.1 Å². The number of benzene rings is 1. The van der Waals surface area contributed by atoms with E-state index in [0.29, 0.717) is 13.0 Å². The van der Waals surface area contributed by atoms with E-state index in [1.807, 2.05) is 25.2 Å². The van der Waals surface area contributed by atoms with Crippen LogP contribution in [0.2, 0.25) is 0 Å². The molecule has 0 saturated carbocycles. The van der Waals surface area contributed by atoms with Crippen LogP contribution in [0.5, 0.6) is 0 Å². The van der Waals surface area contributed by atoms with Crippen molar-refractivity contribution in [2.75, 3.05) is 27.7 Å². The second-order valence-corrected chi connectivity index (χ2v) is 5.74. The predicted molar refractivity (Wildman–Crippen MR) is 81.8 cm³/mol. The Balaban J connectivity index is 2.66. The Morgan fingerprint density at radius 1 is 1.32 bits per heavy atom. The molecule has 2 N–H and O–H groups in total. The summed E-state index contributed by atoms with van der Waals surface area (Å²) in [6.07, 6.45) is 0.449. The SMILES string of the molecule is CN(C)C(=O)CC(CN)N(C)Cc1ccccc1Br. The fraction of sp³-hybridized carbons (Fsp3) is 0.500. The second kappa shape index (κ2) is 7.62. The molecule has 0 spiro atoms. The Bertz CT molecular complexity index is 423. The molecule has 0 radical (unpaired) electrons. The summed E-state index contributed by atoms with van der Waals surface area (Å²) in [6.45, 7) is 1.24. The molecule has 4 nitrogen and oxygen atoms in total. The van der Waals surface area contributed by atoms with Gasteiger partial charge in [0.05, 0.1) is 0 Å². The van der Waals surface area contributed by atoms with Crippen LogP contribution in [0.3, 0.4) is 0 Å². The number of amides is 1. The van der Waals surface area contributed by atoms with E-state index in [0.717, 1.165) is 11.0 Å². The van der Waals surface area contributed by atoms with E-state index in [9.17, 15) is 4.79 Å². The average Bonchev–Trinajstić information content (AvgIpc) is 2.38. The molecule has 0 aliphatic rings. The summed E-state index contributed by atoms with van der Waals surface area (Å²) >= 11 is 3.54. The Labute approximate surface area is 123 Å². The Kier molecular flexibility index (Phi) is 6.48. The molecule has 0 heterocycles. The van der Waals surface area contributed by atoms with Crippen LogP contribution in [0.4, 0.5) is 0 Å². The normalized spacial score (nSPS) is 12.5. The van der Waals surface area contributed by atoms with E-state index in [-0.39, 0.29) is 11.9 Å². The maximum absolute atomic E-state index is 11.8. The van der Waals surface area contributed by atoms with Crippen molar-refractivity contribution in [1.29, 1.82) is 0 Å². The van der Waals surface area contributed by atoms with Crippen LogP contribution in [-0.4, -0.2) is 49.4 Å². The lowest BCUT2D eigenvalue weighted by Gasteiger charge is -2.27. The van der Waals surface area contributed by atoms with Crippen LogP contribution in [0.1, 0.15) is 12.0 Å². The number of carbonyl (C=O) groups is 1. The van der Waals surface area contributed by atoms with Crippen molar-refractivity contribution in [3.05, 3.63) is 34.3 Å². The molecule has 0 saturated heterocycles. The van der Waals surface area contributed by atoms with E-state index in [2.05, 4.69) is 26.9 Å². The number of rotatable bonds is 6. The molecule has 0 aliphatic carbocycles. The number of halogens is 1. The molecular weight excluding hydrogens is 306 g/mol.